The van der Waals surface area contributed by atoms with Crippen molar-refractivity contribution in [2.45, 2.75) is 108 Å². The van der Waals surface area contributed by atoms with Crippen molar-refractivity contribution in [3.63, 3.8) is 0 Å². The van der Waals surface area contributed by atoms with E-state index < -0.39 is 6.29 Å². The first-order valence-corrected chi connectivity index (χ1v) is 17.4. The number of carbonyl (C=O) groups excluding carboxylic acids is 1. The summed E-state index contributed by atoms with van der Waals surface area (Å²) < 4.78 is 13.4. The summed E-state index contributed by atoms with van der Waals surface area (Å²) in [4.78, 5) is 15.7. The fourth-order valence-corrected chi connectivity index (χ4v) is 9.47. The van der Waals surface area contributed by atoms with Crippen molar-refractivity contribution in [3.05, 3.63) is 65.2 Å². The minimum absolute atomic E-state index is 0.00878. The number of hydrogen-bond acceptors (Lipinski definition) is 5. The fourth-order valence-electron chi connectivity index (χ4n) is 9.47. The number of rotatable bonds is 7. The summed E-state index contributed by atoms with van der Waals surface area (Å²) in [5.41, 5.74) is 3.75. The Morgan fingerprint density at radius 1 is 0.841 bits per heavy atom. The van der Waals surface area contributed by atoms with Gasteiger partial charge in [0.25, 0.3) is 0 Å². The van der Waals surface area contributed by atoms with Crippen LogP contribution in [-0.4, -0.2) is 47.3 Å². The number of benzene rings is 2. The number of nitrogens with zero attached hydrogens (tertiary/aromatic N) is 1. The third kappa shape index (κ3) is 6.72. The molecule has 7 nitrogen and oxygen atoms in total. The molecule has 44 heavy (non-hydrogen) atoms. The third-order valence-electron chi connectivity index (χ3n) is 11.4. The van der Waals surface area contributed by atoms with E-state index in [1.807, 2.05) is 36.4 Å². The molecule has 4 saturated carbocycles. The molecular formula is C37H51N3O4. The quantitative estimate of drug-likeness (QED) is 0.310. The lowest BCUT2D eigenvalue weighted by Gasteiger charge is -2.56. The van der Waals surface area contributed by atoms with E-state index in [4.69, 9.17) is 9.47 Å². The van der Waals surface area contributed by atoms with Crippen LogP contribution in [0.4, 0.5) is 10.5 Å². The molecule has 8 rings (SSSR count). The lowest BCUT2D eigenvalue weighted by atomic mass is 9.53. The van der Waals surface area contributed by atoms with Crippen molar-refractivity contribution in [2.24, 2.45) is 23.7 Å². The molecule has 2 aromatic rings. The smallest absolute Gasteiger partial charge is 0.319 e. The van der Waals surface area contributed by atoms with Crippen molar-refractivity contribution in [1.29, 1.82) is 0 Å². The molecule has 0 radical (unpaired) electrons. The molecule has 2 aliphatic heterocycles. The highest BCUT2D eigenvalue weighted by Gasteiger charge is 2.51. The van der Waals surface area contributed by atoms with E-state index in [-0.39, 0.29) is 36.3 Å². The molecule has 2 saturated heterocycles. The van der Waals surface area contributed by atoms with Crippen LogP contribution < -0.4 is 10.6 Å². The monoisotopic (exact) mass is 601 g/mol. The largest absolute Gasteiger partial charge is 0.392 e. The molecule has 7 heteroatoms. The number of aliphatic hydroxyl groups excluding tert-OH is 1. The number of anilines is 1. The molecule has 2 aromatic carbocycles. The van der Waals surface area contributed by atoms with Gasteiger partial charge in [0.05, 0.1) is 18.8 Å². The first kappa shape index (κ1) is 30.2. The Morgan fingerprint density at radius 2 is 1.43 bits per heavy atom. The van der Waals surface area contributed by atoms with E-state index in [2.05, 4.69) is 34.6 Å². The second-order valence-corrected chi connectivity index (χ2v) is 14.8. The van der Waals surface area contributed by atoms with Gasteiger partial charge in [0.15, 0.2) is 6.29 Å². The molecule has 6 fully saturated rings. The van der Waals surface area contributed by atoms with Crippen LogP contribution in [0.15, 0.2) is 48.5 Å². The normalized spacial score (nSPS) is 35.5. The number of hydrogen-bond donors (Lipinski definition) is 3. The molecular weight excluding hydrogens is 550 g/mol. The summed E-state index contributed by atoms with van der Waals surface area (Å²) in [6, 6.07) is 16.0. The van der Waals surface area contributed by atoms with Crippen LogP contribution in [0.3, 0.4) is 0 Å². The molecule has 0 aromatic heterocycles. The van der Waals surface area contributed by atoms with Crippen LogP contribution in [0.1, 0.15) is 107 Å². The summed E-state index contributed by atoms with van der Waals surface area (Å²) in [6.45, 7) is 5.42. The molecule has 4 bridgehead atoms. The highest BCUT2D eigenvalue weighted by atomic mass is 16.7. The Balaban J connectivity index is 1.04. The molecule has 2 amide bonds. The van der Waals surface area contributed by atoms with Gasteiger partial charge in [-0.05, 0) is 105 Å². The van der Waals surface area contributed by atoms with Crippen molar-refractivity contribution < 1.29 is 19.4 Å². The molecule has 4 aliphatic carbocycles. The zero-order chi connectivity index (χ0) is 30.1. The first-order chi connectivity index (χ1) is 21.4. The SMILES string of the molecule is CC1C(CN2CCCCCCC2)OC(c2ccc(NC(=O)NC34CC5CC(CC(C5)C3)C4)cc2)OC1c1ccc(CO)cc1. The fraction of sp³-hybridized carbons (Fsp3) is 0.649. The number of likely N-dealkylation sites (tertiary alicyclic amines) is 1. The minimum atomic E-state index is -0.497. The lowest BCUT2D eigenvalue weighted by Crippen LogP contribution is -2.60. The van der Waals surface area contributed by atoms with Gasteiger partial charge in [0.1, 0.15) is 0 Å². The molecule has 238 valence electrons. The van der Waals surface area contributed by atoms with E-state index in [9.17, 15) is 9.90 Å². The topological polar surface area (TPSA) is 83.1 Å². The van der Waals surface area contributed by atoms with Crippen LogP contribution in [0.25, 0.3) is 0 Å². The Bertz CT molecular complexity index is 1220. The van der Waals surface area contributed by atoms with Gasteiger partial charge in [-0.1, -0.05) is 62.6 Å². The van der Waals surface area contributed by atoms with E-state index in [1.54, 1.807) is 0 Å². The number of aliphatic hydroxyl groups is 1. The van der Waals surface area contributed by atoms with Crippen LogP contribution in [0, 0.1) is 23.7 Å². The number of amides is 2. The zero-order valence-corrected chi connectivity index (χ0v) is 26.4. The molecule has 6 aliphatic rings. The Morgan fingerprint density at radius 3 is 2.05 bits per heavy atom. The van der Waals surface area contributed by atoms with Gasteiger partial charge >= 0.3 is 6.03 Å². The standard InChI is InChI=1S/C37H51N3O4/c1-25-33(23-40-15-5-3-2-4-6-16-40)43-35(44-34(25)30-9-7-26(24-41)8-10-30)31-11-13-32(14-12-31)38-36(42)39-37-20-27-17-28(21-37)19-29(18-27)22-37/h7-14,25,27-29,33-35,41H,2-6,15-24H2,1H3,(H2,38,39,42). The van der Waals surface area contributed by atoms with Crippen LogP contribution in [-0.2, 0) is 16.1 Å². The number of ether oxygens (including phenoxy) is 2. The van der Waals surface area contributed by atoms with Crippen LogP contribution in [0.5, 0.6) is 0 Å². The highest BCUT2D eigenvalue weighted by Crippen LogP contribution is 2.55. The first-order valence-electron chi connectivity index (χ1n) is 17.4. The molecule has 4 atom stereocenters. The van der Waals surface area contributed by atoms with Crippen molar-refractivity contribution in [3.8, 4) is 0 Å². The second kappa shape index (κ2) is 13.1. The molecule has 3 N–H and O–H groups in total. The maximum absolute atomic E-state index is 13.2. The Hall–Kier alpha value is -2.45. The Kier molecular flexibility index (Phi) is 9.01. The second-order valence-electron chi connectivity index (χ2n) is 14.8. The summed E-state index contributed by atoms with van der Waals surface area (Å²) in [5.74, 6) is 2.56. The summed E-state index contributed by atoms with van der Waals surface area (Å²) in [6.07, 6.45) is 13.4. The zero-order valence-electron chi connectivity index (χ0n) is 26.4. The van der Waals surface area contributed by atoms with E-state index in [0.717, 1.165) is 79.0 Å². The van der Waals surface area contributed by atoms with Gasteiger partial charge in [-0.15, -0.1) is 0 Å². The maximum atomic E-state index is 13.2. The predicted molar refractivity (Wildman–Crippen MR) is 172 cm³/mol. The van der Waals surface area contributed by atoms with Crippen molar-refractivity contribution >= 4 is 11.7 Å². The van der Waals surface area contributed by atoms with Crippen molar-refractivity contribution in [2.75, 3.05) is 25.0 Å². The van der Waals surface area contributed by atoms with Crippen LogP contribution in [0.2, 0.25) is 0 Å². The average Bonchev–Trinajstić information content (AvgIpc) is 2.99. The summed E-state index contributed by atoms with van der Waals surface area (Å²) in [7, 11) is 0. The third-order valence-corrected chi connectivity index (χ3v) is 11.4. The van der Waals surface area contributed by atoms with E-state index in [1.165, 1.54) is 51.4 Å². The van der Waals surface area contributed by atoms with E-state index in [0.29, 0.717) is 0 Å². The minimum Gasteiger partial charge on any atom is -0.392 e. The average molecular weight is 602 g/mol. The Labute approximate surface area is 263 Å². The van der Waals surface area contributed by atoms with Gasteiger partial charge < -0.3 is 30.1 Å². The van der Waals surface area contributed by atoms with Gasteiger partial charge in [0.2, 0.25) is 0 Å². The number of carbonyl (C=O) groups is 1. The van der Waals surface area contributed by atoms with Crippen LogP contribution >= 0.6 is 0 Å². The molecule has 2 heterocycles. The summed E-state index contributed by atoms with van der Waals surface area (Å²) in [5, 5.41) is 16.1. The van der Waals surface area contributed by atoms with Gasteiger partial charge in [0, 0.05) is 29.3 Å². The number of urea groups is 1. The van der Waals surface area contributed by atoms with Gasteiger partial charge in [-0.2, -0.15) is 0 Å². The summed E-state index contributed by atoms with van der Waals surface area (Å²) >= 11 is 0. The molecule has 0 spiro atoms. The highest BCUT2D eigenvalue weighted by molar-refractivity contribution is 5.89. The number of nitrogens with one attached hydrogen (secondary N) is 2. The molecule has 4 unspecified atom stereocenters. The van der Waals surface area contributed by atoms with Gasteiger partial charge in [-0.25, -0.2) is 4.79 Å². The van der Waals surface area contributed by atoms with E-state index >= 15 is 0 Å². The van der Waals surface area contributed by atoms with Crippen molar-refractivity contribution in [1.82, 2.24) is 10.2 Å². The maximum Gasteiger partial charge on any atom is 0.319 e. The lowest BCUT2D eigenvalue weighted by molar-refractivity contribution is -0.276. The predicted octanol–water partition coefficient (Wildman–Crippen LogP) is 7.33. The van der Waals surface area contributed by atoms with Gasteiger partial charge in [-0.3, -0.25) is 0 Å².